The molecule has 1 saturated carbocycles. The van der Waals surface area contributed by atoms with E-state index >= 15 is 0 Å². The van der Waals surface area contributed by atoms with Gasteiger partial charge in [0.15, 0.2) is 0 Å². The van der Waals surface area contributed by atoms with Gasteiger partial charge in [0.2, 0.25) is 0 Å². The van der Waals surface area contributed by atoms with E-state index in [1.54, 1.807) is 0 Å². The van der Waals surface area contributed by atoms with Crippen molar-refractivity contribution < 1.29 is 0 Å². The Balaban J connectivity index is 2.64. The highest BCUT2D eigenvalue weighted by atomic mass is 14.5. The van der Waals surface area contributed by atoms with Crippen molar-refractivity contribution in [2.75, 3.05) is 0 Å². The topological polar surface area (TPSA) is 0 Å². The summed E-state index contributed by atoms with van der Waals surface area (Å²) in [4.78, 5) is 0. The predicted octanol–water partition coefficient (Wildman–Crippen LogP) is 4.49. The lowest BCUT2D eigenvalue weighted by Crippen LogP contribution is -2.21. The van der Waals surface area contributed by atoms with Crippen LogP contribution in [0.4, 0.5) is 0 Å². The van der Waals surface area contributed by atoms with Crippen molar-refractivity contribution in [3.05, 3.63) is 0 Å². The standard InChI is InChI=1S/C13H26/c1-6-11(4)13(5)8-10(3)12(7-2)9-13/h10-12H,6-9H2,1-5H3. The molecule has 0 aromatic carbocycles. The third kappa shape index (κ3) is 2.08. The average Bonchev–Trinajstić information content (AvgIpc) is 2.41. The first-order valence-corrected chi connectivity index (χ1v) is 6.03. The van der Waals surface area contributed by atoms with Gasteiger partial charge in [-0.1, -0.05) is 47.5 Å². The first-order chi connectivity index (χ1) is 6.03. The van der Waals surface area contributed by atoms with Gasteiger partial charge in [-0.25, -0.2) is 0 Å². The highest BCUT2D eigenvalue weighted by molar-refractivity contribution is 4.91. The average molecular weight is 182 g/mol. The van der Waals surface area contributed by atoms with Crippen molar-refractivity contribution in [2.45, 2.75) is 60.3 Å². The largest absolute Gasteiger partial charge is 0.0651 e. The summed E-state index contributed by atoms with van der Waals surface area (Å²) in [5, 5.41) is 0. The fraction of sp³-hybridized carbons (Fsp3) is 1.00. The molecular weight excluding hydrogens is 156 g/mol. The van der Waals surface area contributed by atoms with Gasteiger partial charge in [-0.05, 0) is 36.0 Å². The summed E-state index contributed by atoms with van der Waals surface area (Å²) in [6, 6.07) is 0. The first kappa shape index (κ1) is 11.1. The van der Waals surface area contributed by atoms with Crippen LogP contribution in [0.1, 0.15) is 60.3 Å². The maximum atomic E-state index is 2.51. The SMILES string of the molecule is CCC1CC(C)(C(C)CC)CC1C. The summed E-state index contributed by atoms with van der Waals surface area (Å²) in [5.41, 5.74) is 0.648. The lowest BCUT2D eigenvalue weighted by atomic mass is 9.74. The molecule has 0 saturated heterocycles. The summed E-state index contributed by atoms with van der Waals surface area (Å²) in [6.45, 7) is 12.1. The van der Waals surface area contributed by atoms with E-state index in [2.05, 4.69) is 34.6 Å². The van der Waals surface area contributed by atoms with Crippen LogP contribution in [0.5, 0.6) is 0 Å². The molecule has 4 atom stereocenters. The second kappa shape index (κ2) is 4.02. The van der Waals surface area contributed by atoms with Crippen LogP contribution in [-0.4, -0.2) is 0 Å². The summed E-state index contributed by atoms with van der Waals surface area (Å²) in [5.74, 6) is 2.87. The number of rotatable bonds is 3. The van der Waals surface area contributed by atoms with E-state index in [0.29, 0.717) is 5.41 Å². The van der Waals surface area contributed by atoms with Crippen LogP contribution in [-0.2, 0) is 0 Å². The van der Waals surface area contributed by atoms with Gasteiger partial charge in [0.25, 0.3) is 0 Å². The zero-order valence-electron chi connectivity index (χ0n) is 10.1. The van der Waals surface area contributed by atoms with Crippen LogP contribution >= 0.6 is 0 Å². The Morgan fingerprint density at radius 3 is 2.31 bits per heavy atom. The van der Waals surface area contributed by atoms with Crippen LogP contribution in [0, 0.1) is 23.2 Å². The molecular formula is C13H26. The maximum Gasteiger partial charge on any atom is -0.0295 e. The highest BCUT2D eigenvalue weighted by Crippen LogP contribution is 2.51. The van der Waals surface area contributed by atoms with Crippen LogP contribution in [0.15, 0.2) is 0 Å². The molecule has 0 N–H and O–H groups in total. The van der Waals surface area contributed by atoms with E-state index in [9.17, 15) is 0 Å². The van der Waals surface area contributed by atoms with Gasteiger partial charge >= 0.3 is 0 Å². The van der Waals surface area contributed by atoms with Gasteiger partial charge in [0.05, 0.1) is 0 Å². The van der Waals surface area contributed by atoms with Crippen LogP contribution in [0.25, 0.3) is 0 Å². The molecule has 4 unspecified atom stereocenters. The molecule has 1 fully saturated rings. The van der Waals surface area contributed by atoms with Crippen molar-refractivity contribution in [1.29, 1.82) is 0 Å². The van der Waals surface area contributed by atoms with Gasteiger partial charge in [-0.3, -0.25) is 0 Å². The Labute approximate surface area is 84.1 Å². The Morgan fingerprint density at radius 2 is 1.92 bits per heavy atom. The van der Waals surface area contributed by atoms with Crippen molar-refractivity contribution in [3.8, 4) is 0 Å². The van der Waals surface area contributed by atoms with Crippen LogP contribution < -0.4 is 0 Å². The molecule has 13 heavy (non-hydrogen) atoms. The van der Waals surface area contributed by atoms with Crippen molar-refractivity contribution in [1.82, 2.24) is 0 Å². The molecule has 0 nitrogen and oxygen atoms in total. The molecule has 0 aromatic heterocycles. The smallest absolute Gasteiger partial charge is 0.0295 e. The minimum absolute atomic E-state index is 0.648. The quantitative estimate of drug-likeness (QED) is 0.603. The van der Waals surface area contributed by atoms with Gasteiger partial charge in [0.1, 0.15) is 0 Å². The van der Waals surface area contributed by atoms with Gasteiger partial charge in [0, 0.05) is 0 Å². The maximum absolute atomic E-state index is 2.51. The summed E-state index contributed by atoms with van der Waals surface area (Å²) in [6.07, 6.45) is 5.66. The lowest BCUT2D eigenvalue weighted by molar-refractivity contribution is 0.192. The summed E-state index contributed by atoms with van der Waals surface area (Å²) < 4.78 is 0. The fourth-order valence-electron chi connectivity index (χ4n) is 3.23. The predicted molar refractivity (Wildman–Crippen MR) is 59.7 cm³/mol. The molecule has 0 heteroatoms. The zero-order valence-corrected chi connectivity index (χ0v) is 10.1. The van der Waals surface area contributed by atoms with E-state index in [0.717, 1.165) is 17.8 Å². The molecule has 1 aliphatic rings. The van der Waals surface area contributed by atoms with E-state index in [-0.39, 0.29) is 0 Å². The van der Waals surface area contributed by atoms with Gasteiger partial charge < -0.3 is 0 Å². The van der Waals surface area contributed by atoms with Gasteiger partial charge in [-0.15, -0.1) is 0 Å². The van der Waals surface area contributed by atoms with Gasteiger partial charge in [-0.2, -0.15) is 0 Å². The Morgan fingerprint density at radius 1 is 1.31 bits per heavy atom. The Hall–Kier alpha value is 0. The molecule has 1 aliphatic carbocycles. The zero-order chi connectivity index (χ0) is 10.1. The van der Waals surface area contributed by atoms with Crippen molar-refractivity contribution in [3.63, 3.8) is 0 Å². The van der Waals surface area contributed by atoms with E-state index in [1.165, 1.54) is 25.7 Å². The molecule has 0 heterocycles. The molecule has 78 valence electrons. The van der Waals surface area contributed by atoms with Crippen molar-refractivity contribution >= 4 is 0 Å². The Kier molecular flexibility index (Phi) is 3.43. The third-order valence-corrected chi connectivity index (χ3v) is 4.65. The second-order valence-electron chi connectivity index (χ2n) is 5.52. The first-order valence-electron chi connectivity index (χ1n) is 6.03. The van der Waals surface area contributed by atoms with Crippen LogP contribution in [0.3, 0.4) is 0 Å². The molecule has 0 spiro atoms. The van der Waals surface area contributed by atoms with E-state index < -0.39 is 0 Å². The number of hydrogen-bond acceptors (Lipinski definition) is 0. The highest BCUT2D eigenvalue weighted by Gasteiger charge is 2.41. The molecule has 0 amide bonds. The molecule has 0 radical (unpaired) electrons. The second-order valence-corrected chi connectivity index (χ2v) is 5.52. The summed E-state index contributed by atoms with van der Waals surface area (Å²) >= 11 is 0. The normalized spacial score (nSPS) is 42.2. The lowest BCUT2D eigenvalue weighted by Gasteiger charge is -2.31. The van der Waals surface area contributed by atoms with Crippen LogP contribution in [0.2, 0.25) is 0 Å². The molecule has 0 bridgehead atoms. The van der Waals surface area contributed by atoms with Crippen molar-refractivity contribution in [2.24, 2.45) is 23.2 Å². The molecule has 0 aliphatic heterocycles. The van der Waals surface area contributed by atoms with E-state index in [4.69, 9.17) is 0 Å². The fourth-order valence-corrected chi connectivity index (χ4v) is 3.23. The number of hydrogen-bond donors (Lipinski definition) is 0. The molecule has 1 rings (SSSR count). The monoisotopic (exact) mass is 182 g/mol. The minimum Gasteiger partial charge on any atom is -0.0651 e. The van der Waals surface area contributed by atoms with E-state index in [1.807, 2.05) is 0 Å². The summed E-state index contributed by atoms with van der Waals surface area (Å²) in [7, 11) is 0. The minimum atomic E-state index is 0.648. The molecule has 0 aromatic rings. The third-order valence-electron chi connectivity index (χ3n) is 4.65. The Bertz CT molecular complexity index is 159.